The summed E-state index contributed by atoms with van der Waals surface area (Å²) >= 11 is 0. The maximum atomic E-state index is 13.2. The molecule has 0 fully saturated rings. The fraction of sp³-hybridized carbons (Fsp3) is 0.167. The van der Waals surface area contributed by atoms with Gasteiger partial charge in [-0.15, -0.1) is 12.4 Å². The van der Waals surface area contributed by atoms with Gasteiger partial charge in [0.2, 0.25) is 5.91 Å². The van der Waals surface area contributed by atoms with Gasteiger partial charge in [0.05, 0.1) is 31.8 Å². The summed E-state index contributed by atoms with van der Waals surface area (Å²) in [5.41, 5.74) is 8.38. The van der Waals surface area contributed by atoms with E-state index in [9.17, 15) is 9.59 Å². The van der Waals surface area contributed by atoms with Crippen LogP contribution in [0.4, 0.5) is 5.69 Å². The summed E-state index contributed by atoms with van der Waals surface area (Å²) in [7, 11) is 3.22. The lowest BCUT2D eigenvalue weighted by atomic mass is 10.1. The fourth-order valence-electron chi connectivity index (χ4n) is 3.73. The quantitative estimate of drug-likeness (QED) is 0.435. The van der Waals surface area contributed by atoms with Gasteiger partial charge in [0.15, 0.2) is 5.43 Å². The van der Waals surface area contributed by atoms with Crippen LogP contribution in [-0.4, -0.2) is 31.2 Å². The van der Waals surface area contributed by atoms with Crippen LogP contribution >= 0.6 is 12.4 Å². The highest BCUT2D eigenvalue weighted by Crippen LogP contribution is 2.27. The van der Waals surface area contributed by atoms with Crippen molar-refractivity contribution in [1.82, 2.24) is 4.57 Å². The fourth-order valence-corrected chi connectivity index (χ4v) is 3.73. The predicted octanol–water partition coefficient (Wildman–Crippen LogP) is 3.54. The summed E-state index contributed by atoms with van der Waals surface area (Å²) in [6.07, 6.45) is 0. The third-order valence-electron chi connectivity index (χ3n) is 5.19. The largest absolute Gasteiger partial charge is 0.497 e. The third kappa shape index (κ3) is 4.39. The Kier molecular flexibility index (Phi) is 7.02. The van der Waals surface area contributed by atoms with Crippen molar-refractivity contribution >= 4 is 45.8 Å². The molecule has 4 aromatic rings. The van der Waals surface area contributed by atoms with E-state index in [4.69, 9.17) is 15.2 Å². The van der Waals surface area contributed by atoms with Gasteiger partial charge >= 0.3 is 0 Å². The molecule has 8 heteroatoms. The van der Waals surface area contributed by atoms with E-state index in [-0.39, 0.29) is 30.3 Å². The van der Waals surface area contributed by atoms with Gasteiger partial charge in [-0.05, 0) is 48.0 Å². The molecular weight excluding hydrogens is 430 g/mol. The minimum atomic E-state index is -0.316. The molecule has 3 N–H and O–H groups in total. The van der Waals surface area contributed by atoms with Crippen LogP contribution in [0.25, 0.3) is 21.8 Å². The van der Waals surface area contributed by atoms with E-state index in [0.29, 0.717) is 34.5 Å². The van der Waals surface area contributed by atoms with Crippen LogP contribution in [0.1, 0.15) is 5.56 Å². The smallest absolute Gasteiger partial charge is 0.238 e. The van der Waals surface area contributed by atoms with Crippen LogP contribution in [-0.2, 0) is 11.3 Å². The number of pyridine rings is 1. The lowest BCUT2D eigenvalue weighted by Gasteiger charge is -2.17. The number of nitrogens with zero attached hydrogens (tertiary/aromatic N) is 1. The highest BCUT2D eigenvalue weighted by molar-refractivity contribution is 5.98. The van der Waals surface area contributed by atoms with Gasteiger partial charge in [-0.3, -0.25) is 9.59 Å². The summed E-state index contributed by atoms with van der Waals surface area (Å²) in [6.45, 7) is 0.372. The van der Waals surface area contributed by atoms with Gasteiger partial charge in [0.1, 0.15) is 11.5 Å². The number of ether oxygens (including phenoxy) is 2. The van der Waals surface area contributed by atoms with Crippen LogP contribution in [0.3, 0.4) is 0 Å². The third-order valence-corrected chi connectivity index (χ3v) is 5.19. The van der Waals surface area contributed by atoms with Gasteiger partial charge in [-0.1, -0.05) is 12.1 Å². The summed E-state index contributed by atoms with van der Waals surface area (Å²) in [4.78, 5) is 24.9. The van der Waals surface area contributed by atoms with E-state index in [1.807, 2.05) is 48.5 Å². The summed E-state index contributed by atoms with van der Waals surface area (Å²) in [6, 6.07) is 18.5. The molecule has 0 saturated heterocycles. The van der Waals surface area contributed by atoms with E-state index >= 15 is 0 Å². The Hall–Kier alpha value is -3.55. The molecule has 166 valence electrons. The van der Waals surface area contributed by atoms with Crippen molar-refractivity contribution in [2.24, 2.45) is 5.73 Å². The summed E-state index contributed by atoms with van der Waals surface area (Å²) in [5, 5.41) is 3.83. The molecule has 3 aromatic carbocycles. The number of hydrogen-bond donors (Lipinski definition) is 2. The normalized spacial score (nSPS) is 10.6. The zero-order valence-electron chi connectivity index (χ0n) is 17.8. The Morgan fingerprint density at radius 1 is 0.938 bits per heavy atom. The number of fused-ring (bicyclic) bond motifs is 2. The molecule has 0 radical (unpaired) electrons. The maximum Gasteiger partial charge on any atom is 0.238 e. The zero-order valence-corrected chi connectivity index (χ0v) is 18.6. The molecule has 7 nitrogen and oxygen atoms in total. The van der Waals surface area contributed by atoms with Crippen molar-refractivity contribution < 1.29 is 14.3 Å². The maximum absolute atomic E-state index is 13.2. The number of para-hydroxylation sites is 1. The molecule has 0 bridgehead atoms. The molecule has 1 aromatic heterocycles. The Bertz CT molecular complexity index is 1330. The van der Waals surface area contributed by atoms with Crippen LogP contribution in [0, 0.1) is 0 Å². The van der Waals surface area contributed by atoms with E-state index in [1.165, 1.54) is 0 Å². The molecule has 0 atom stereocenters. The number of halogens is 1. The SMILES string of the molecule is COc1cc(Cn2c3ccccc3c(=O)c3cc(NC(=O)CN)ccc32)cc(OC)c1.Cl. The molecule has 0 aliphatic rings. The van der Waals surface area contributed by atoms with Gasteiger partial charge in [-0.2, -0.15) is 0 Å². The number of nitrogens with two attached hydrogens (primary N) is 1. The van der Waals surface area contributed by atoms with Crippen molar-refractivity contribution in [1.29, 1.82) is 0 Å². The Morgan fingerprint density at radius 3 is 2.25 bits per heavy atom. The Morgan fingerprint density at radius 2 is 1.59 bits per heavy atom. The van der Waals surface area contributed by atoms with E-state index in [1.54, 1.807) is 26.4 Å². The number of rotatable bonds is 6. The second-order valence-electron chi connectivity index (χ2n) is 7.14. The molecule has 4 rings (SSSR count). The first kappa shape index (κ1) is 23.1. The molecule has 0 unspecified atom stereocenters. The van der Waals surface area contributed by atoms with E-state index in [0.717, 1.165) is 16.6 Å². The number of anilines is 1. The number of benzene rings is 3. The van der Waals surface area contributed by atoms with Crippen molar-refractivity contribution in [2.45, 2.75) is 6.54 Å². The molecule has 0 saturated carbocycles. The second-order valence-corrected chi connectivity index (χ2v) is 7.14. The lowest BCUT2D eigenvalue weighted by molar-refractivity contribution is -0.114. The minimum Gasteiger partial charge on any atom is -0.497 e. The molecule has 0 aliphatic carbocycles. The van der Waals surface area contributed by atoms with E-state index in [2.05, 4.69) is 9.88 Å². The van der Waals surface area contributed by atoms with Gasteiger partial charge in [-0.25, -0.2) is 0 Å². The molecule has 1 amide bonds. The van der Waals surface area contributed by atoms with Crippen LogP contribution < -0.4 is 26.0 Å². The second kappa shape index (κ2) is 9.72. The molecule has 0 spiro atoms. The average Bonchev–Trinajstić information content (AvgIpc) is 2.81. The van der Waals surface area contributed by atoms with Gasteiger partial charge in [0, 0.05) is 29.1 Å². The van der Waals surface area contributed by atoms with Crippen molar-refractivity contribution in [3.63, 3.8) is 0 Å². The number of methoxy groups -OCH3 is 2. The van der Waals surface area contributed by atoms with Crippen LogP contribution in [0.15, 0.2) is 65.5 Å². The van der Waals surface area contributed by atoms with Crippen LogP contribution in [0.2, 0.25) is 0 Å². The summed E-state index contributed by atoms with van der Waals surface area (Å²) < 4.78 is 12.9. The van der Waals surface area contributed by atoms with Crippen molar-refractivity contribution in [3.8, 4) is 11.5 Å². The van der Waals surface area contributed by atoms with Gasteiger partial charge < -0.3 is 25.1 Å². The highest BCUT2D eigenvalue weighted by atomic mass is 35.5. The average molecular weight is 454 g/mol. The lowest BCUT2D eigenvalue weighted by Crippen LogP contribution is -2.22. The molecular formula is C24H24ClN3O4. The van der Waals surface area contributed by atoms with Gasteiger partial charge in [0.25, 0.3) is 0 Å². The number of nitrogens with one attached hydrogen (secondary N) is 1. The van der Waals surface area contributed by atoms with Crippen molar-refractivity contribution in [3.05, 3.63) is 76.5 Å². The first-order valence-electron chi connectivity index (χ1n) is 9.81. The molecule has 32 heavy (non-hydrogen) atoms. The number of hydrogen-bond acceptors (Lipinski definition) is 5. The zero-order chi connectivity index (χ0) is 22.0. The minimum absolute atomic E-state index is 0. The van der Waals surface area contributed by atoms with E-state index < -0.39 is 0 Å². The monoisotopic (exact) mass is 453 g/mol. The number of amides is 1. The number of carbonyl (C=O) groups excluding carboxylic acids is 1. The van der Waals surface area contributed by atoms with Crippen molar-refractivity contribution in [2.75, 3.05) is 26.1 Å². The molecule has 1 heterocycles. The Balaban J connectivity index is 0.00000289. The topological polar surface area (TPSA) is 95.6 Å². The first-order valence-corrected chi connectivity index (χ1v) is 9.81. The number of carbonyl (C=O) groups is 1. The predicted molar refractivity (Wildman–Crippen MR) is 129 cm³/mol. The highest BCUT2D eigenvalue weighted by Gasteiger charge is 2.13. The first-order chi connectivity index (χ1) is 15.0. The standard InChI is InChI=1S/C24H23N3O4.ClH/c1-30-17-9-15(10-18(12-17)31-2)14-27-21-6-4-3-5-19(21)24(29)20-11-16(7-8-22(20)27)26-23(28)13-25;/h3-12H,13-14,25H2,1-2H3,(H,26,28);1H. The van der Waals surface area contributed by atoms with Crippen LogP contribution in [0.5, 0.6) is 11.5 Å². The Labute approximate surface area is 191 Å². The number of aromatic nitrogens is 1. The summed E-state index contributed by atoms with van der Waals surface area (Å²) in [5.74, 6) is 1.07. The molecule has 0 aliphatic heterocycles.